The topological polar surface area (TPSA) is 130 Å². The van der Waals surface area contributed by atoms with E-state index in [0.29, 0.717) is 33.8 Å². The highest BCUT2D eigenvalue weighted by atomic mass is 79.9. The third-order valence-corrected chi connectivity index (χ3v) is 7.80. The van der Waals surface area contributed by atoms with Crippen LogP contribution in [0.1, 0.15) is 63.9 Å². The summed E-state index contributed by atoms with van der Waals surface area (Å²) >= 11 is 6.66. The molecule has 0 aliphatic heterocycles. The number of carbonyl (C=O) groups is 4. The van der Waals surface area contributed by atoms with Crippen molar-refractivity contribution in [3.8, 4) is 11.5 Å². The Morgan fingerprint density at radius 2 is 0.778 bits per heavy atom. The zero-order chi connectivity index (χ0) is 31.5. The molecule has 0 saturated carbocycles. The van der Waals surface area contributed by atoms with Gasteiger partial charge in [0, 0.05) is 31.2 Å². The summed E-state index contributed by atoms with van der Waals surface area (Å²) in [7, 11) is 0. The van der Waals surface area contributed by atoms with Crippen LogP contribution in [0.3, 0.4) is 0 Å². The van der Waals surface area contributed by atoms with Gasteiger partial charge in [-0.2, -0.15) is 0 Å². The van der Waals surface area contributed by atoms with E-state index >= 15 is 0 Å². The van der Waals surface area contributed by atoms with Gasteiger partial charge in [-0.05, 0) is 97.1 Å². The third kappa shape index (κ3) is 6.35. The second-order valence-electron chi connectivity index (χ2n) is 9.63. The van der Waals surface area contributed by atoms with Crippen LogP contribution in [0.4, 0.5) is 0 Å². The van der Waals surface area contributed by atoms with Crippen molar-refractivity contribution in [2.24, 2.45) is 0 Å². The summed E-state index contributed by atoms with van der Waals surface area (Å²) in [6, 6.07) is 26.1. The van der Waals surface area contributed by atoms with Gasteiger partial charge >= 0.3 is 0 Å². The predicted octanol–water partition coefficient (Wildman–Crippen LogP) is 7.90. The second-order valence-corrected chi connectivity index (χ2v) is 11.5. The van der Waals surface area contributed by atoms with E-state index in [1.807, 2.05) is 0 Å². The van der Waals surface area contributed by atoms with Crippen LogP contribution in [0.2, 0.25) is 0 Å². The van der Waals surface area contributed by atoms with Crippen molar-refractivity contribution in [3.63, 3.8) is 0 Å². The van der Waals surface area contributed by atoms with E-state index in [4.69, 9.17) is 13.8 Å². The number of carbonyl (C=O) groups excluding carboxylic acids is 4. The van der Waals surface area contributed by atoms with Gasteiger partial charge in [0.25, 0.3) is 0 Å². The molecule has 0 atom stereocenters. The Hall–Kier alpha value is -5.26. The molecule has 11 heteroatoms. The highest BCUT2D eigenvalue weighted by molar-refractivity contribution is 9.10. The highest BCUT2D eigenvalue weighted by Crippen LogP contribution is 2.26. The van der Waals surface area contributed by atoms with Crippen molar-refractivity contribution < 1.29 is 33.0 Å². The first kappa shape index (κ1) is 29.8. The lowest BCUT2D eigenvalue weighted by Crippen LogP contribution is -2.10. The molecule has 220 valence electrons. The number of hydrogen-bond donors (Lipinski definition) is 0. The van der Waals surface area contributed by atoms with Crippen LogP contribution in [0, 0.1) is 0 Å². The third-order valence-electron chi connectivity index (χ3n) is 6.74. The van der Waals surface area contributed by atoms with Crippen LogP contribution in [-0.2, 0) is 0 Å². The molecule has 2 heterocycles. The minimum Gasteiger partial charge on any atom is -0.457 e. The van der Waals surface area contributed by atoms with E-state index in [1.54, 1.807) is 97.1 Å². The molecular formula is C34H18Br2N2O7. The molecule has 0 bridgehead atoms. The van der Waals surface area contributed by atoms with Gasteiger partial charge in [-0.25, -0.2) is 0 Å². The molecule has 2 aromatic heterocycles. The maximum atomic E-state index is 13.2. The summed E-state index contributed by atoms with van der Waals surface area (Å²) in [5.41, 5.74) is 1.29. The molecule has 0 radical (unpaired) electrons. The van der Waals surface area contributed by atoms with Crippen molar-refractivity contribution >= 4 is 55.0 Å². The monoisotopic (exact) mass is 724 g/mol. The summed E-state index contributed by atoms with van der Waals surface area (Å²) in [5, 5.41) is 7.54. The fourth-order valence-corrected chi connectivity index (χ4v) is 4.92. The van der Waals surface area contributed by atoms with Gasteiger partial charge in [0.1, 0.15) is 24.0 Å². The van der Waals surface area contributed by atoms with Crippen molar-refractivity contribution in [1.29, 1.82) is 0 Å². The maximum Gasteiger partial charge on any atom is 0.215 e. The first-order valence-electron chi connectivity index (χ1n) is 13.2. The van der Waals surface area contributed by atoms with E-state index in [0.717, 1.165) is 21.5 Å². The lowest BCUT2D eigenvalue weighted by Gasteiger charge is -2.08. The number of hydrogen-bond acceptors (Lipinski definition) is 9. The van der Waals surface area contributed by atoms with Crippen molar-refractivity contribution in [1.82, 2.24) is 10.3 Å². The molecule has 0 saturated heterocycles. The zero-order valence-electron chi connectivity index (χ0n) is 22.9. The summed E-state index contributed by atoms with van der Waals surface area (Å²) in [6.45, 7) is 0. The van der Waals surface area contributed by atoms with E-state index < -0.39 is 23.1 Å². The van der Waals surface area contributed by atoms with Gasteiger partial charge in [-0.3, -0.25) is 19.2 Å². The zero-order valence-corrected chi connectivity index (χ0v) is 26.1. The predicted molar refractivity (Wildman–Crippen MR) is 168 cm³/mol. The Morgan fingerprint density at radius 3 is 1.13 bits per heavy atom. The van der Waals surface area contributed by atoms with Crippen molar-refractivity contribution in [3.05, 3.63) is 163 Å². The van der Waals surface area contributed by atoms with E-state index in [2.05, 4.69) is 42.2 Å². The largest absolute Gasteiger partial charge is 0.457 e. The summed E-state index contributed by atoms with van der Waals surface area (Å²) < 4.78 is 17.5. The number of benzene rings is 4. The summed E-state index contributed by atoms with van der Waals surface area (Å²) in [6.07, 6.45) is 2.31. The second kappa shape index (κ2) is 12.8. The van der Waals surface area contributed by atoms with Crippen molar-refractivity contribution in [2.75, 3.05) is 0 Å². The molecule has 6 rings (SSSR count). The number of ketones is 4. The van der Waals surface area contributed by atoms with Gasteiger partial charge < -0.3 is 13.8 Å². The highest BCUT2D eigenvalue weighted by Gasteiger charge is 2.25. The van der Waals surface area contributed by atoms with Gasteiger partial charge in [0.05, 0.1) is 11.1 Å². The van der Waals surface area contributed by atoms with Crippen molar-refractivity contribution in [2.45, 2.75) is 0 Å². The number of halogens is 2. The van der Waals surface area contributed by atoms with Crippen LogP contribution < -0.4 is 4.74 Å². The molecule has 0 aliphatic rings. The Balaban J connectivity index is 1.13. The lowest BCUT2D eigenvalue weighted by molar-refractivity contribution is 0.1000. The number of ether oxygens (including phenoxy) is 1. The standard InChI is InChI=1S/C34H18Br2N2O7/c35-23-9-1-21(2-10-23)33(41)29-27(17-43-37-29)31(39)19-5-13-25(14-6-19)45-26-15-7-20(8-16-26)32(40)28-18-44-38-30(28)34(42)22-3-11-24(36)12-4-22/h1-18H. The molecule has 0 unspecified atom stereocenters. The molecular weight excluding hydrogens is 708 g/mol. The number of rotatable bonds is 10. The average Bonchev–Trinajstić information content (AvgIpc) is 3.76. The van der Waals surface area contributed by atoms with Crippen LogP contribution in [0.25, 0.3) is 0 Å². The van der Waals surface area contributed by atoms with Gasteiger partial charge in [-0.15, -0.1) is 0 Å². The molecule has 0 amide bonds. The smallest absolute Gasteiger partial charge is 0.215 e. The van der Waals surface area contributed by atoms with Gasteiger partial charge in [0.15, 0.2) is 23.0 Å². The Labute approximate surface area is 272 Å². The van der Waals surface area contributed by atoms with Crippen LogP contribution in [-0.4, -0.2) is 33.4 Å². The Bertz CT molecular complexity index is 1900. The van der Waals surface area contributed by atoms with Gasteiger partial charge in [0.2, 0.25) is 11.6 Å². The molecule has 45 heavy (non-hydrogen) atoms. The van der Waals surface area contributed by atoms with E-state index in [-0.39, 0.29) is 22.5 Å². The van der Waals surface area contributed by atoms with Crippen LogP contribution in [0.15, 0.2) is 128 Å². The Kier molecular flexibility index (Phi) is 8.45. The molecule has 0 spiro atoms. The lowest BCUT2D eigenvalue weighted by atomic mass is 9.99. The normalized spacial score (nSPS) is 10.8. The molecule has 4 aromatic carbocycles. The first-order chi connectivity index (χ1) is 21.8. The number of aromatic nitrogens is 2. The molecule has 0 fully saturated rings. The molecule has 0 aliphatic carbocycles. The summed E-state index contributed by atoms with van der Waals surface area (Å²) in [4.78, 5) is 52.2. The van der Waals surface area contributed by atoms with Crippen LogP contribution >= 0.6 is 31.9 Å². The summed E-state index contributed by atoms with van der Waals surface area (Å²) in [5.74, 6) is -0.862. The fraction of sp³-hybridized carbons (Fsp3) is 0. The Morgan fingerprint density at radius 1 is 0.467 bits per heavy atom. The minimum atomic E-state index is -0.433. The van der Waals surface area contributed by atoms with E-state index in [9.17, 15) is 19.2 Å². The SMILES string of the molecule is O=C(c1ccc(Oc2ccc(C(=O)c3conc3C(=O)c3ccc(Br)cc3)cc2)cc1)c1conc1C(=O)c1ccc(Br)cc1. The number of nitrogens with zero attached hydrogens (tertiary/aromatic N) is 2. The molecule has 9 nitrogen and oxygen atoms in total. The van der Waals surface area contributed by atoms with Crippen LogP contribution in [0.5, 0.6) is 11.5 Å². The van der Waals surface area contributed by atoms with Gasteiger partial charge in [-0.1, -0.05) is 42.2 Å². The minimum absolute atomic E-state index is 0.0476. The maximum absolute atomic E-state index is 13.2. The van der Waals surface area contributed by atoms with E-state index in [1.165, 1.54) is 0 Å². The average molecular weight is 726 g/mol. The molecule has 6 aromatic rings. The fourth-order valence-electron chi connectivity index (χ4n) is 4.39. The quantitative estimate of drug-likeness (QED) is 0.129. The molecule has 0 N–H and O–H groups in total. The first-order valence-corrected chi connectivity index (χ1v) is 14.8.